The van der Waals surface area contributed by atoms with Crippen molar-refractivity contribution >= 4 is 0 Å². The van der Waals surface area contributed by atoms with Gasteiger partial charge in [-0.2, -0.15) is 0 Å². The van der Waals surface area contributed by atoms with Gasteiger partial charge in [-0.05, 0) is 17.9 Å². The fourth-order valence-corrected chi connectivity index (χ4v) is 4.26. The average Bonchev–Trinajstić information content (AvgIpc) is 3.12. The molecule has 22 heavy (non-hydrogen) atoms. The van der Waals surface area contributed by atoms with Crippen LogP contribution < -0.4 is 0 Å². The van der Waals surface area contributed by atoms with Crippen LogP contribution in [0.4, 0.5) is 0 Å². The number of ether oxygens (including phenoxy) is 2. The fraction of sp³-hybridized carbons (Fsp3) is 0.556. The Kier molecular flexibility index (Phi) is 3.57. The summed E-state index contributed by atoms with van der Waals surface area (Å²) in [4.78, 5) is 0. The first-order valence-electron chi connectivity index (χ1n) is 8.07. The van der Waals surface area contributed by atoms with E-state index < -0.39 is 11.9 Å². The van der Waals surface area contributed by atoms with Gasteiger partial charge in [0.25, 0.3) is 0 Å². The van der Waals surface area contributed by atoms with Crippen molar-refractivity contribution in [2.24, 2.45) is 17.8 Å². The van der Waals surface area contributed by atoms with Crippen molar-refractivity contribution in [2.75, 3.05) is 13.2 Å². The number of aliphatic hydroxyl groups is 2. The molecule has 118 valence electrons. The van der Waals surface area contributed by atoms with Crippen LogP contribution in [0.25, 0.3) is 0 Å². The van der Waals surface area contributed by atoms with E-state index in [1.165, 1.54) is 0 Å². The van der Waals surface area contributed by atoms with Crippen LogP contribution in [0.5, 0.6) is 0 Å². The van der Waals surface area contributed by atoms with Crippen LogP contribution in [-0.2, 0) is 9.47 Å². The fourth-order valence-electron chi connectivity index (χ4n) is 4.26. The molecule has 0 aromatic heterocycles. The normalized spacial score (nSPS) is 37.4. The Hall–Kier alpha value is -1.20. The van der Waals surface area contributed by atoms with Gasteiger partial charge in [0.15, 0.2) is 5.79 Å². The average molecular weight is 302 g/mol. The van der Waals surface area contributed by atoms with E-state index in [1.54, 1.807) is 6.08 Å². The second-order valence-corrected chi connectivity index (χ2v) is 6.61. The van der Waals surface area contributed by atoms with Crippen LogP contribution in [0.1, 0.15) is 24.5 Å². The molecule has 4 rings (SSSR count). The molecule has 2 saturated carbocycles. The van der Waals surface area contributed by atoms with Crippen molar-refractivity contribution in [3.63, 3.8) is 0 Å². The molecule has 1 aromatic carbocycles. The van der Waals surface area contributed by atoms with E-state index in [0.717, 1.165) is 18.4 Å². The molecule has 3 unspecified atom stereocenters. The smallest absolute Gasteiger partial charge is 0.172 e. The predicted molar refractivity (Wildman–Crippen MR) is 80.9 cm³/mol. The summed E-state index contributed by atoms with van der Waals surface area (Å²) in [5, 5.41) is 20.7. The minimum Gasteiger partial charge on any atom is -0.392 e. The molecular weight excluding hydrogens is 280 g/mol. The SMILES string of the molecule is OC(C=CC1C[C@H]2[C@@H](CC23OCCO3)C1O)c1ccccc1. The molecular formula is C18H22O4. The van der Waals surface area contributed by atoms with Crippen LogP contribution in [0, 0.1) is 17.8 Å². The lowest BCUT2D eigenvalue weighted by Crippen LogP contribution is -2.54. The van der Waals surface area contributed by atoms with E-state index in [1.807, 2.05) is 36.4 Å². The van der Waals surface area contributed by atoms with Gasteiger partial charge < -0.3 is 19.7 Å². The molecule has 1 saturated heterocycles. The maximum Gasteiger partial charge on any atom is 0.172 e. The highest BCUT2D eigenvalue weighted by Crippen LogP contribution is 2.59. The summed E-state index contributed by atoms with van der Waals surface area (Å²) in [6.07, 6.45) is 4.43. The van der Waals surface area contributed by atoms with Crippen LogP contribution >= 0.6 is 0 Å². The zero-order chi connectivity index (χ0) is 15.2. The van der Waals surface area contributed by atoms with Crippen molar-refractivity contribution in [1.82, 2.24) is 0 Å². The van der Waals surface area contributed by atoms with E-state index in [0.29, 0.717) is 13.2 Å². The molecule has 3 aliphatic rings. The molecule has 4 heteroatoms. The molecule has 1 spiro atoms. The van der Waals surface area contributed by atoms with Gasteiger partial charge in [-0.1, -0.05) is 42.5 Å². The first-order chi connectivity index (χ1) is 10.7. The van der Waals surface area contributed by atoms with Gasteiger partial charge >= 0.3 is 0 Å². The topological polar surface area (TPSA) is 58.9 Å². The Morgan fingerprint density at radius 1 is 1.18 bits per heavy atom. The molecule has 1 aromatic rings. The standard InChI is InChI=1S/C18H22O4/c19-16(12-4-2-1-3-5-12)7-6-13-10-15-14(17(13)20)11-18(15)21-8-9-22-18/h1-7,13-17,19-20H,8-11H2/t13?,14-,15+,16?,17?/m1/s1. The Morgan fingerprint density at radius 2 is 1.91 bits per heavy atom. The lowest BCUT2D eigenvalue weighted by Gasteiger charge is -2.48. The molecule has 2 N–H and O–H groups in total. The van der Waals surface area contributed by atoms with Gasteiger partial charge in [-0.3, -0.25) is 0 Å². The lowest BCUT2D eigenvalue weighted by atomic mass is 9.69. The summed E-state index contributed by atoms with van der Waals surface area (Å²) in [6.45, 7) is 1.32. The molecule has 4 nitrogen and oxygen atoms in total. The van der Waals surface area contributed by atoms with Crippen LogP contribution in [0.3, 0.4) is 0 Å². The van der Waals surface area contributed by atoms with E-state index in [9.17, 15) is 10.2 Å². The molecule has 1 aliphatic heterocycles. The van der Waals surface area contributed by atoms with Crippen molar-refractivity contribution < 1.29 is 19.7 Å². The minimum absolute atomic E-state index is 0.0699. The van der Waals surface area contributed by atoms with Gasteiger partial charge in [0.2, 0.25) is 0 Å². The zero-order valence-electron chi connectivity index (χ0n) is 12.5. The second-order valence-electron chi connectivity index (χ2n) is 6.61. The number of aliphatic hydroxyl groups excluding tert-OH is 2. The molecule has 0 bridgehead atoms. The van der Waals surface area contributed by atoms with Crippen molar-refractivity contribution in [3.8, 4) is 0 Å². The lowest BCUT2D eigenvalue weighted by molar-refractivity contribution is -0.275. The highest BCUT2D eigenvalue weighted by molar-refractivity contribution is 5.22. The summed E-state index contributed by atoms with van der Waals surface area (Å²) in [5.41, 5.74) is 0.869. The molecule has 0 radical (unpaired) electrons. The molecule has 3 fully saturated rings. The zero-order valence-corrected chi connectivity index (χ0v) is 12.5. The van der Waals surface area contributed by atoms with E-state index in [4.69, 9.17) is 9.47 Å². The van der Waals surface area contributed by atoms with Crippen LogP contribution in [-0.4, -0.2) is 35.3 Å². The van der Waals surface area contributed by atoms with Crippen molar-refractivity contribution in [3.05, 3.63) is 48.0 Å². The molecule has 2 aliphatic carbocycles. The Bertz CT molecular complexity index is 549. The number of hydrogen-bond donors (Lipinski definition) is 2. The summed E-state index contributed by atoms with van der Waals surface area (Å²) >= 11 is 0. The predicted octanol–water partition coefficient (Wildman–Crippen LogP) is 2.04. The third-order valence-corrected chi connectivity index (χ3v) is 5.46. The summed E-state index contributed by atoms with van der Waals surface area (Å²) in [5.74, 6) is 0.197. The first kappa shape index (κ1) is 14.4. The maximum absolute atomic E-state index is 10.5. The van der Waals surface area contributed by atoms with Gasteiger partial charge in [-0.25, -0.2) is 0 Å². The minimum atomic E-state index is -0.625. The summed E-state index contributed by atoms with van der Waals surface area (Å²) in [6, 6.07) is 9.56. The monoisotopic (exact) mass is 302 g/mol. The van der Waals surface area contributed by atoms with Crippen LogP contribution in [0.2, 0.25) is 0 Å². The van der Waals surface area contributed by atoms with E-state index >= 15 is 0 Å². The Morgan fingerprint density at radius 3 is 2.64 bits per heavy atom. The number of hydrogen-bond acceptors (Lipinski definition) is 4. The van der Waals surface area contributed by atoms with Gasteiger partial charge in [0.1, 0.15) is 0 Å². The molecule has 1 heterocycles. The summed E-state index contributed by atoms with van der Waals surface area (Å²) < 4.78 is 11.6. The van der Waals surface area contributed by atoms with Crippen molar-refractivity contribution in [2.45, 2.75) is 30.8 Å². The third kappa shape index (κ3) is 2.22. The Labute approximate surface area is 130 Å². The van der Waals surface area contributed by atoms with E-state index in [-0.39, 0.29) is 23.9 Å². The second kappa shape index (κ2) is 5.46. The Balaban J connectivity index is 1.43. The molecule has 5 atom stereocenters. The molecule has 0 amide bonds. The van der Waals surface area contributed by atoms with Crippen molar-refractivity contribution in [1.29, 1.82) is 0 Å². The largest absolute Gasteiger partial charge is 0.392 e. The number of rotatable bonds is 3. The highest BCUT2D eigenvalue weighted by Gasteiger charge is 2.64. The van der Waals surface area contributed by atoms with Gasteiger partial charge in [-0.15, -0.1) is 0 Å². The highest BCUT2D eigenvalue weighted by atomic mass is 16.7. The van der Waals surface area contributed by atoms with Gasteiger partial charge in [0.05, 0.1) is 25.4 Å². The quantitative estimate of drug-likeness (QED) is 0.839. The first-order valence-corrected chi connectivity index (χ1v) is 8.07. The maximum atomic E-state index is 10.5. The summed E-state index contributed by atoms with van der Waals surface area (Å²) in [7, 11) is 0. The van der Waals surface area contributed by atoms with Crippen LogP contribution in [0.15, 0.2) is 42.5 Å². The van der Waals surface area contributed by atoms with Gasteiger partial charge in [0, 0.05) is 18.3 Å². The third-order valence-electron chi connectivity index (χ3n) is 5.46. The van der Waals surface area contributed by atoms with E-state index in [2.05, 4.69) is 0 Å². The number of fused-ring (bicyclic) bond motifs is 2. The number of benzene rings is 1.